The average molecular weight is 265 g/mol. The van der Waals surface area contributed by atoms with E-state index in [1.807, 2.05) is 0 Å². The quantitative estimate of drug-likeness (QED) is 0.891. The van der Waals surface area contributed by atoms with E-state index in [1.54, 1.807) is 23.2 Å². The van der Waals surface area contributed by atoms with Crippen LogP contribution in [0.3, 0.4) is 0 Å². The summed E-state index contributed by atoms with van der Waals surface area (Å²) in [4.78, 5) is 28.6. The van der Waals surface area contributed by atoms with Crippen LogP contribution >= 0.6 is 11.8 Å². The molecule has 0 radical (unpaired) electrons. The van der Waals surface area contributed by atoms with E-state index in [9.17, 15) is 9.59 Å². The fourth-order valence-corrected chi connectivity index (χ4v) is 2.66. The molecule has 0 aliphatic carbocycles. The summed E-state index contributed by atoms with van der Waals surface area (Å²) in [7, 11) is 0. The van der Waals surface area contributed by atoms with E-state index < -0.39 is 0 Å². The van der Waals surface area contributed by atoms with Gasteiger partial charge in [-0.25, -0.2) is 4.98 Å². The minimum atomic E-state index is 0.0227. The first kappa shape index (κ1) is 12.9. The zero-order valence-corrected chi connectivity index (χ0v) is 10.9. The lowest BCUT2D eigenvalue weighted by Crippen LogP contribution is -2.26. The lowest BCUT2D eigenvalue weighted by atomic mass is 10.1. The zero-order valence-electron chi connectivity index (χ0n) is 10.1. The molecule has 1 unspecified atom stereocenters. The van der Waals surface area contributed by atoms with E-state index in [0.29, 0.717) is 30.2 Å². The van der Waals surface area contributed by atoms with Crippen molar-refractivity contribution < 1.29 is 9.59 Å². The van der Waals surface area contributed by atoms with Gasteiger partial charge in [0.1, 0.15) is 0 Å². The Hall–Kier alpha value is -1.56. The summed E-state index contributed by atoms with van der Waals surface area (Å²) in [6.45, 7) is 2.12. The van der Waals surface area contributed by atoms with Crippen molar-refractivity contribution in [1.82, 2.24) is 4.98 Å². The molecule has 18 heavy (non-hydrogen) atoms. The maximum Gasteiger partial charge on any atom is 0.228 e. The molecule has 2 rings (SSSR count). The minimum Gasteiger partial charge on any atom is -0.396 e. The molecule has 1 aliphatic rings. The molecule has 1 saturated heterocycles. The standard InChI is InChI=1S/C12H15N3O2S/c1-8(16)18-7-9-5-11(17)15(6-9)12-10(13)3-2-4-14-12/h2-4,9H,5-7,13H2,1H3. The molecule has 96 valence electrons. The molecule has 1 atom stereocenters. The van der Waals surface area contributed by atoms with Gasteiger partial charge < -0.3 is 5.73 Å². The minimum absolute atomic E-state index is 0.0227. The molecule has 1 aliphatic heterocycles. The normalized spacial score (nSPS) is 19.3. The fraction of sp³-hybridized carbons (Fsp3) is 0.417. The molecule has 1 fully saturated rings. The number of hydrogen-bond acceptors (Lipinski definition) is 5. The first-order valence-corrected chi connectivity index (χ1v) is 6.70. The van der Waals surface area contributed by atoms with Gasteiger partial charge in [-0.1, -0.05) is 11.8 Å². The van der Waals surface area contributed by atoms with Gasteiger partial charge in [0.15, 0.2) is 10.9 Å². The molecule has 0 spiro atoms. The van der Waals surface area contributed by atoms with Crippen molar-refractivity contribution >= 4 is 34.3 Å². The zero-order chi connectivity index (χ0) is 13.1. The van der Waals surface area contributed by atoms with Crippen LogP contribution in [0.15, 0.2) is 18.3 Å². The Bertz CT molecular complexity index is 478. The smallest absolute Gasteiger partial charge is 0.228 e. The summed E-state index contributed by atoms with van der Waals surface area (Å²) < 4.78 is 0. The summed E-state index contributed by atoms with van der Waals surface area (Å²) >= 11 is 1.26. The molecule has 0 bridgehead atoms. The van der Waals surface area contributed by atoms with E-state index >= 15 is 0 Å². The Morgan fingerprint density at radius 2 is 2.44 bits per heavy atom. The SMILES string of the molecule is CC(=O)SCC1CC(=O)N(c2ncccc2N)C1. The first-order valence-electron chi connectivity index (χ1n) is 5.72. The Morgan fingerprint density at radius 3 is 3.11 bits per heavy atom. The number of carbonyl (C=O) groups is 2. The van der Waals surface area contributed by atoms with Crippen molar-refractivity contribution in [3.63, 3.8) is 0 Å². The number of thioether (sulfide) groups is 1. The Labute approximate surface area is 110 Å². The largest absolute Gasteiger partial charge is 0.396 e. The summed E-state index contributed by atoms with van der Waals surface area (Å²) in [5, 5.41) is 0.0817. The highest BCUT2D eigenvalue weighted by atomic mass is 32.2. The van der Waals surface area contributed by atoms with Gasteiger partial charge in [0.2, 0.25) is 5.91 Å². The van der Waals surface area contributed by atoms with Crippen molar-refractivity contribution in [2.45, 2.75) is 13.3 Å². The molecule has 0 aromatic carbocycles. The molecule has 1 amide bonds. The average Bonchev–Trinajstić information content (AvgIpc) is 2.69. The van der Waals surface area contributed by atoms with E-state index in [4.69, 9.17) is 5.73 Å². The maximum absolute atomic E-state index is 11.9. The van der Waals surface area contributed by atoms with Crippen molar-refractivity contribution in [3.8, 4) is 0 Å². The van der Waals surface area contributed by atoms with Crippen LogP contribution in [0.1, 0.15) is 13.3 Å². The van der Waals surface area contributed by atoms with Crippen LogP contribution in [0, 0.1) is 5.92 Å². The highest BCUT2D eigenvalue weighted by Gasteiger charge is 2.32. The van der Waals surface area contributed by atoms with Crippen LogP contribution in [0.5, 0.6) is 0 Å². The number of nitrogens with two attached hydrogens (primary N) is 1. The topological polar surface area (TPSA) is 76.3 Å². The van der Waals surface area contributed by atoms with Crippen molar-refractivity contribution in [1.29, 1.82) is 0 Å². The fourth-order valence-electron chi connectivity index (χ4n) is 1.97. The third kappa shape index (κ3) is 2.81. The van der Waals surface area contributed by atoms with Crippen LogP contribution in [0.2, 0.25) is 0 Å². The van der Waals surface area contributed by atoms with Crippen LogP contribution in [-0.4, -0.2) is 28.3 Å². The number of amides is 1. The van der Waals surface area contributed by atoms with Gasteiger partial charge >= 0.3 is 0 Å². The molecule has 2 N–H and O–H groups in total. The number of rotatable bonds is 3. The second-order valence-corrected chi connectivity index (χ2v) is 5.49. The molecular weight excluding hydrogens is 250 g/mol. The second-order valence-electron chi connectivity index (χ2n) is 4.29. The Kier molecular flexibility index (Phi) is 3.86. The monoisotopic (exact) mass is 265 g/mol. The molecule has 0 saturated carbocycles. The number of hydrogen-bond donors (Lipinski definition) is 1. The highest BCUT2D eigenvalue weighted by molar-refractivity contribution is 8.13. The van der Waals surface area contributed by atoms with E-state index in [2.05, 4.69) is 4.98 Å². The summed E-state index contributed by atoms with van der Waals surface area (Å²) in [5.74, 6) is 1.41. The van der Waals surface area contributed by atoms with E-state index in [1.165, 1.54) is 18.7 Å². The second kappa shape index (κ2) is 5.39. The molecular formula is C12H15N3O2S. The Morgan fingerprint density at radius 1 is 1.67 bits per heavy atom. The van der Waals surface area contributed by atoms with Gasteiger partial charge in [0.05, 0.1) is 5.69 Å². The number of carbonyl (C=O) groups excluding carboxylic acids is 2. The van der Waals surface area contributed by atoms with Crippen LogP contribution < -0.4 is 10.6 Å². The highest BCUT2D eigenvalue weighted by Crippen LogP contribution is 2.29. The predicted octanol–water partition coefficient (Wildman–Crippen LogP) is 1.30. The van der Waals surface area contributed by atoms with Gasteiger partial charge in [0.25, 0.3) is 0 Å². The lowest BCUT2D eigenvalue weighted by molar-refractivity contribution is -0.117. The number of anilines is 2. The lowest BCUT2D eigenvalue weighted by Gasteiger charge is -2.16. The number of aromatic nitrogens is 1. The summed E-state index contributed by atoms with van der Waals surface area (Å²) in [6.07, 6.45) is 2.08. The van der Waals surface area contributed by atoms with Crippen LogP contribution in [0.25, 0.3) is 0 Å². The molecule has 6 heteroatoms. The van der Waals surface area contributed by atoms with Crippen LogP contribution in [-0.2, 0) is 9.59 Å². The summed E-state index contributed by atoms with van der Waals surface area (Å²) in [5.41, 5.74) is 6.32. The number of nitrogens with zero attached hydrogens (tertiary/aromatic N) is 2. The van der Waals surface area contributed by atoms with Gasteiger partial charge in [-0.2, -0.15) is 0 Å². The van der Waals surface area contributed by atoms with Crippen molar-refractivity contribution in [2.24, 2.45) is 5.92 Å². The molecule has 1 aromatic rings. The third-order valence-corrected chi connectivity index (χ3v) is 3.84. The maximum atomic E-state index is 11.9. The molecule has 2 heterocycles. The van der Waals surface area contributed by atoms with Gasteiger partial charge in [-0.15, -0.1) is 0 Å². The van der Waals surface area contributed by atoms with E-state index in [-0.39, 0.29) is 16.9 Å². The molecule has 5 nitrogen and oxygen atoms in total. The number of nitrogen functional groups attached to an aromatic ring is 1. The van der Waals surface area contributed by atoms with E-state index in [0.717, 1.165) is 0 Å². The first-order chi connectivity index (χ1) is 8.58. The van der Waals surface area contributed by atoms with Gasteiger partial charge in [-0.05, 0) is 18.1 Å². The third-order valence-electron chi connectivity index (χ3n) is 2.80. The Balaban J connectivity index is 2.06. The van der Waals surface area contributed by atoms with Crippen molar-refractivity contribution in [2.75, 3.05) is 22.9 Å². The van der Waals surface area contributed by atoms with Crippen molar-refractivity contribution in [3.05, 3.63) is 18.3 Å². The molecule has 1 aromatic heterocycles. The van der Waals surface area contributed by atoms with Gasteiger partial charge in [-0.3, -0.25) is 14.5 Å². The predicted molar refractivity (Wildman–Crippen MR) is 72.2 cm³/mol. The van der Waals surface area contributed by atoms with Crippen LogP contribution in [0.4, 0.5) is 11.5 Å². The summed E-state index contributed by atoms with van der Waals surface area (Å²) in [6, 6.07) is 3.47. The number of pyridine rings is 1. The van der Waals surface area contributed by atoms with Gasteiger partial charge in [0, 0.05) is 31.8 Å².